The molecular formula is C23H22BrClF4N6O2. The van der Waals surface area contributed by atoms with Gasteiger partial charge >= 0.3 is 6.18 Å². The molecule has 0 spiro atoms. The Morgan fingerprint density at radius 1 is 1.35 bits per heavy atom. The van der Waals surface area contributed by atoms with Gasteiger partial charge in [0.05, 0.1) is 36.9 Å². The molecule has 2 aromatic rings. The third kappa shape index (κ3) is 7.43. The lowest BCUT2D eigenvalue weighted by Crippen LogP contribution is -2.37. The topological polar surface area (TPSA) is 94.9 Å². The summed E-state index contributed by atoms with van der Waals surface area (Å²) < 4.78 is 59.2. The number of aromatic nitrogens is 2. The van der Waals surface area contributed by atoms with E-state index in [1.807, 2.05) is 0 Å². The fourth-order valence-corrected chi connectivity index (χ4v) is 4.11. The van der Waals surface area contributed by atoms with Crippen LogP contribution in [-0.2, 0) is 4.74 Å². The number of anilines is 3. The summed E-state index contributed by atoms with van der Waals surface area (Å²) in [5, 5.41) is 17.0. The number of hydrazone groups is 1. The second kappa shape index (κ2) is 12.4. The van der Waals surface area contributed by atoms with Crippen LogP contribution in [0.25, 0.3) is 0 Å². The van der Waals surface area contributed by atoms with Crippen molar-refractivity contribution in [3.05, 3.63) is 69.2 Å². The number of rotatable bonds is 8. The lowest BCUT2D eigenvalue weighted by molar-refractivity contribution is -0.0882. The van der Waals surface area contributed by atoms with Gasteiger partial charge in [-0.2, -0.15) is 23.3 Å². The molecular weight excluding hydrogens is 584 g/mol. The van der Waals surface area contributed by atoms with Crippen molar-refractivity contribution in [1.82, 2.24) is 9.97 Å². The minimum absolute atomic E-state index is 0.0202. The van der Waals surface area contributed by atoms with E-state index in [0.717, 1.165) is 18.3 Å². The lowest BCUT2D eigenvalue weighted by atomic mass is 10.1. The number of nitrogens with one attached hydrogen (secondary N) is 2. The average Bonchev–Trinajstić information content (AvgIpc) is 2.85. The molecule has 1 aromatic carbocycles. The van der Waals surface area contributed by atoms with E-state index in [9.17, 15) is 22.7 Å². The van der Waals surface area contributed by atoms with Crippen molar-refractivity contribution >= 4 is 51.2 Å². The van der Waals surface area contributed by atoms with Crippen molar-refractivity contribution in [3.8, 4) is 5.75 Å². The molecule has 8 nitrogen and oxygen atoms in total. The van der Waals surface area contributed by atoms with Gasteiger partial charge in [0.1, 0.15) is 10.8 Å². The molecule has 1 saturated heterocycles. The number of halogens is 6. The van der Waals surface area contributed by atoms with Crippen molar-refractivity contribution in [3.63, 3.8) is 0 Å². The summed E-state index contributed by atoms with van der Waals surface area (Å²) in [4.78, 5) is 9.71. The molecule has 198 valence electrons. The monoisotopic (exact) mass is 604 g/mol. The number of alkyl halides is 3. The number of hydrogen-bond acceptors (Lipinski definition) is 8. The van der Waals surface area contributed by atoms with Crippen LogP contribution in [0.15, 0.2) is 57.9 Å². The van der Waals surface area contributed by atoms with E-state index in [2.05, 4.69) is 48.3 Å². The van der Waals surface area contributed by atoms with Crippen molar-refractivity contribution < 1.29 is 27.4 Å². The third-order valence-corrected chi connectivity index (χ3v) is 5.91. The molecule has 1 aliphatic heterocycles. The Morgan fingerprint density at radius 2 is 2.05 bits per heavy atom. The largest absolute Gasteiger partial charge is 0.506 e. The molecule has 0 atom stereocenters. The van der Waals surface area contributed by atoms with Gasteiger partial charge < -0.3 is 20.1 Å². The van der Waals surface area contributed by atoms with Gasteiger partial charge in [0.25, 0.3) is 0 Å². The molecule has 1 aromatic heterocycles. The van der Waals surface area contributed by atoms with Crippen LogP contribution in [0.4, 0.5) is 35.0 Å². The standard InChI is InChI=1S/C23H22BrClF4N6O2/c1-3-4-15(23(27,28)29)9-13(2)32-19-16(24)10-14(20(36)18(19)25)11-31-34-22-30-12-17(26)21(33-22)35-5-7-37-8-6-35/h3-4,9-12,32,36H,2,5-8H2,1H3,(H,30,33,34)/b4-3-,15-9+,31-11-. The number of phenols is 1. The zero-order chi connectivity index (χ0) is 27.2. The summed E-state index contributed by atoms with van der Waals surface area (Å²) in [5.41, 5.74) is 1.80. The van der Waals surface area contributed by atoms with E-state index >= 15 is 0 Å². The third-order valence-electron chi connectivity index (χ3n) is 4.92. The van der Waals surface area contributed by atoms with Crippen LogP contribution in [0.1, 0.15) is 12.5 Å². The van der Waals surface area contributed by atoms with Crippen LogP contribution in [0, 0.1) is 5.82 Å². The Bertz CT molecular complexity index is 1250. The highest BCUT2D eigenvalue weighted by molar-refractivity contribution is 9.10. The lowest BCUT2D eigenvalue weighted by Gasteiger charge is -2.27. The van der Waals surface area contributed by atoms with E-state index in [1.54, 1.807) is 4.90 Å². The van der Waals surface area contributed by atoms with E-state index in [4.69, 9.17) is 16.3 Å². The number of morpholine rings is 1. The van der Waals surface area contributed by atoms with Gasteiger partial charge in [-0.1, -0.05) is 30.3 Å². The van der Waals surface area contributed by atoms with E-state index < -0.39 is 23.3 Å². The van der Waals surface area contributed by atoms with Crippen molar-refractivity contribution in [2.24, 2.45) is 5.10 Å². The first-order valence-corrected chi connectivity index (χ1v) is 11.9. The summed E-state index contributed by atoms with van der Waals surface area (Å²) >= 11 is 9.53. The molecule has 2 heterocycles. The molecule has 37 heavy (non-hydrogen) atoms. The maximum Gasteiger partial charge on any atom is 0.416 e. The summed E-state index contributed by atoms with van der Waals surface area (Å²) in [6, 6.07) is 1.44. The Morgan fingerprint density at radius 3 is 2.70 bits per heavy atom. The van der Waals surface area contributed by atoms with Crippen LogP contribution in [0.2, 0.25) is 5.02 Å². The Hall–Kier alpha value is -3.16. The minimum Gasteiger partial charge on any atom is -0.506 e. The normalized spacial score (nSPS) is 15.0. The second-order valence-electron chi connectivity index (χ2n) is 7.57. The maximum atomic E-state index is 14.2. The first kappa shape index (κ1) is 28.4. The highest BCUT2D eigenvalue weighted by atomic mass is 79.9. The molecule has 0 saturated carbocycles. The fraction of sp³-hybridized carbons (Fsp3) is 0.261. The van der Waals surface area contributed by atoms with Crippen LogP contribution in [0.5, 0.6) is 5.75 Å². The first-order valence-electron chi connectivity index (χ1n) is 10.7. The fourth-order valence-electron chi connectivity index (χ4n) is 3.20. The summed E-state index contributed by atoms with van der Waals surface area (Å²) in [6.45, 7) is 6.90. The van der Waals surface area contributed by atoms with Gasteiger partial charge in [-0.25, -0.2) is 14.8 Å². The number of nitrogens with zero attached hydrogens (tertiary/aromatic N) is 4. The maximum absolute atomic E-state index is 14.2. The number of aromatic hydroxyl groups is 1. The summed E-state index contributed by atoms with van der Waals surface area (Å²) in [7, 11) is 0. The van der Waals surface area contributed by atoms with E-state index in [0.29, 0.717) is 30.8 Å². The molecule has 1 aliphatic rings. The predicted octanol–water partition coefficient (Wildman–Crippen LogP) is 6.01. The van der Waals surface area contributed by atoms with Crippen molar-refractivity contribution in [2.45, 2.75) is 13.1 Å². The first-order chi connectivity index (χ1) is 17.5. The quantitative estimate of drug-likeness (QED) is 0.147. The predicted molar refractivity (Wildman–Crippen MR) is 139 cm³/mol. The molecule has 14 heteroatoms. The zero-order valence-electron chi connectivity index (χ0n) is 19.4. The van der Waals surface area contributed by atoms with Crippen LogP contribution < -0.4 is 15.6 Å². The van der Waals surface area contributed by atoms with Crippen LogP contribution in [0.3, 0.4) is 0 Å². The molecule has 3 N–H and O–H groups in total. The average molecular weight is 606 g/mol. The molecule has 0 bridgehead atoms. The Kier molecular flexibility index (Phi) is 9.51. The van der Waals surface area contributed by atoms with Gasteiger partial charge in [-0.15, -0.1) is 0 Å². The second-order valence-corrected chi connectivity index (χ2v) is 8.80. The van der Waals surface area contributed by atoms with Crippen LogP contribution >= 0.6 is 27.5 Å². The minimum atomic E-state index is -4.58. The van der Waals surface area contributed by atoms with Crippen LogP contribution in [-0.4, -0.2) is 53.8 Å². The highest BCUT2D eigenvalue weighted by Crippen LogP contribution is 2.40. The number of hydrogen-bond donors (Lipinski definition) is 3. The number of allylic oxidation sites excluding steroid dienone is 4. The molecule has 0 radical (unpaired) electrons. The highest BCUT2D eigenvalue weighted by Gasteiger charge is 2.31. The van der Waals surface area contributed by atoms with Gasteiger partial charge in [0.15, 0.2) is 11.6 Å². The smallest absolute Gasteiger partial charge is 0.416 e. The SMILES string of the molecule is C=C(/C=C(\C=C/C)C(F)(F)F)Nc1c(Br)cc(/C=N\Nc2ncc(F)c(N3CCOCC3)n2)c(O)c1Cl. The summed E-state index contributed by atoms with van der Waals surface area (Å²) in [6.07, 6.45) is 0.631. The Labute approximate surface area is 223 Å². The van der Waals surface area contributed by atoms with Gasteiger partial charge in [-0.3, -0.25) is 0 Å². The number of phenolic OH excluding ortho intramolecular Hbond substituents is 1. The molecule has 3 rings (SSSR count). The van der Waals surface area contributed by atoms with E-state index in [-0.39, 0.29) is 33.7 Å². The zero-order valence-corrected chi connectivity index (χ0v) is 21.8. The molecule has 0 aliphatic carbocycles. The molecule has 0 unspecified atom stereocenters. The van der Waals surface area contributed by atoms with E-state index in [1.165, 1.54) is 25.3 Å². The van der Waals surface area contributed by atoms with Crippen molar-refractivity contribution in [2.75, 3.05) is 41.9 Å². The van der Waals surface area contributed by atoms with Crippen molar-refractivity contribution in [1.29, 1.82) is 0 Å². The van der Waals surface area contributed by atoms with Gasteiger partial charge in [-0.05, 0) is 35.0 Å². The summed E-state index contributed by atoms with van der Waals surface area (Å²) in [5.74, 6) is -0.852. The van der Waals surface area contributed by atoms with Gasteiger partial charge in [0, 0.05) is 28.8 Å². The Balaban J connectivity index is 1.76. The molecule has 0 amide bonds. The molecule has 1 fully saturated rings. The number of ether oxygens (including phenoxy) is 1. The number of benzene rings is 1. The van der Waals surface area contributed by atoms with Gasteiger partial charge in [0.2, 0.25) is 5.95 Å².